The van der Waals surface area contributed by atoms with Crippen molar-refractivity contribution in [3.05, 3.63) is 60.2 Å². The van der Waals surface area contributed by atoms with Gasteiger partial charge in [-0.25, -0.2) is 0 Å². The zero-order valence-electron chi connectivity index (χ0n) is 12.9. The van der Waals surface area contributed by atoms with Crippen molar-refractivity contribution in [2.24, 2.45) is 4.99 Å². The molecular formula is C18H18N2OSSe. The van der Waals surface area contributed by atoms with Crippen LogP contribution in [0.3, 0.4) is 0 Å². The molecule has 0 spiro atoms. The molecule has 1 atom stereocenters. The SMILES string of the molecule is CC(=O)c1ccc(NC2=NCC(C[Se]c3ccccc3)S2)cc1. The molecule has 1 aliphatic heterocycles. The fourth-order valence-electron chi connectivity index (χ4n) is 2.19. The van der Waals surface area contributed by atoms with Gasteiger partial charge in [0.1, 0.15) is 0 Å². The Morgan fingerprint density at radius 3 is 2.65 bits per heavy atom. The molecule has 1 aliphatic rings. The second kappa shape index (κ2) is 7.82. The first-order chi connectivity index (χ1) is 11.2. The zero-order valence-corrected chi connectivity index (χ0v) is 15.4. The van der Waals surface area contributed by atoms with Crippen molar-refractivity contribution in [3.63, 3.8) is 0 Å². The molecule has 0 fully saturated rings. The fraction of sp³-hybridized carbons (Fsp3) is 0.222. The third kappa shape index (κ3) is 4.71. The number of hydrogen-bond donors (Lipinski definition) is 1. The van der Waals surface area contributed by atoms with Gasteiger partial charge in [-0.2, -0.15) is 0 Å². The number of hydrogen-bond acceptors (Lipinski definition) is 4. The second-order valence-corrected chi connectivity index (χ2v) is 8.85. The van der Waals surface area contributed by atoms with Crippen LogP contribution in [-0.2, 0) is 0 Å². The third-order valence-electron chi connectivity index (χ3n) is 3.44. The average molecular weight is 389 g/mol. The first-order valence-electron chi connectivity index (χ1n) is 7.48. The molecule has 2 aromatic rings. The molecule has 0 saturated heterocycles. The molecule has 5 heteroatoms. The van der Waals surface area contributed by atoms with E-state index in [1.807, 2.05) is 36.0 Å². The number of anilines is 1. The number of nitrogens with one attached hydrogen (secondary N) is 1. The Morgan fingerprint density at radius 2 is 1.96 bits per heavy atom. The molecule has 23 heavy (non-hydrogen) atoms. The molecule has 0 radical (unpaired) electrons. The number of ketones is 1. The first-order valence-corrected chi connectivity index (χ1v) is 10.4. The molecule has 0 saturated carbocycles. The summed E-state index contributed by atoms with van der Waals surface area (Å²) < 4.78 is 1.45. The van der Waals surface area contributed by atoms with Crippen molar-refractivity contribution in [2.75, 3.05) is 11.9 Å². The van der Waals surface area contributed by atoms with Crippen LogP contribution in [0.15, 0.2) is 59.6 Å². The molecule has 0 aromatic heterocycles. The number of amidine groups is 1. The minimum absolute atomic E-state index is 0.0901. The molecule has 3 nitrogen and oxygen atoms in total. The number of carbonyl (C=O) groups is 1. The summed E-state index contributed by atoms with van der Waals surface area (Å²) in [6, 6.07) is 18.2. The number of rotatable bonds is 5. The van der Waals surface area contributed by atoms with E-state index in [4.69, 9.17) is 0 Å². The Labute approximate surface area is 147 Å². The van der Waals surface area contributed by atoms with Crippen LogP contribution in [-0.4, -0.2) is 37.7 Å². The van der Waals surface area contributed by atoms with Crippen LogP contribution in [0.5, 0.6) is 0 Å². The second-order valence-electron chi connectivity index (χ2n) is 5.27. The van der Waals surface area contributed by atoms with Crippen molar-refractivity contribution in [3.8, 4) is 0 Å². The predicted octanol–water partition coefficient (Wildman–Crippen LogP) is 3.22. The topological polar surface area (TPSA) is 41.5 Å². The summed E-state index contributed by atoms with van der Waals surface area (Å²) in [6.45, 7) is 2.46. The Bertz CT molecular complexity index is 701. The van der Waals surface area contributed by atoms with Gasteiger partial charge in [0, 0.05) is 0 Å². The summed E-state index contributed by atoms with van der Waals surface area (Å²) in [7, 11) is 0. The van der Waals surface area contributed by atoms with E-state index in [9.17, 15) is 4.79 Å². The normalized spacial score (nSPS) is 16.9. The summed E-state index contributed by atoms with van der Waals surface area (Å²) in [5.74, 6) is 0.0901. The van der Waals surface area contributed by atoms with Crippen molar-refractivity contribution < 1.29 is 4.79 Å². The van der Waals surface area contributed by atoms with E-state index < -0.39 is 0 Å². The fourth-order valence-corrected chi connectivity index (χ4v) is 5.58. The molecule has 0 amide bonds. The van der Waals surface area contributed by atoms with Gasteiger partial charge in [0.2, 0.25) is 0 Å². The molecule has 0 bridgehead atoms. The Hall–Kier alpha value is -1.55. The van der Waals surface area contributed by atoms with Gasteiger partial charge in [-0.15, -0.1) is 0 Å². The summed E-state index contributed by atoms with van der Waals surface area (Å²) in [6.07, 6.45) is 0. The van der Waals surface area contributed by atoms with Gasteiger partial charge in [0.15, 0.2) is 0 Å². The van der Waals surface area contributed by atoms with E-state index in [2.05, 4.69) is 40.6 Å². The van der Waals surface area contributed by atoms with Gasteiger partial charge >= 0.3 is 147 Å². The Morgan fingerprint density at radius 1 is 1.22 bits per heavy atom. The third-order valence-corrected chi connectivity index (χ3v) is 7.48. The molecule has 1 heterocycles. The maximum absolute atomic E-state index is 11.3. The standard InChI is InChI=1S/C18H18N2OSSe/c1-13(21)14-7-9-15(10-8-14)20-18-19-11-16(22-18)12-23-17-5-3-2-4-6-17/h2-10,16H,11-12H2,1H3,(H,19,20). The molecule has 3 rings (SSSR count). The quantitative estimate of drug-likeness (QED) is 0.631. The van der Waals surface area contributed by atoms with Crippen LogP contribution in [0.2, 0.25) is 5.32 Å². The van der Waals surface area contributed by atoms with Crippen molar-refractivity contribution in [1.82, 2.24) is 0 Å². The summed E-state index contributed by atoms with van der Waals surface area (Å²) in [4.78, 5) is 15.9. The van der Waals surface area contributed by atoms with Crippen LogP contribution in [0.4, 0.5) is 5.69 Å². The molecule has 2 aromatic carbocycles. The molecule has 1 unspecified atom stereocenters. The van der Waals surface area contributed by atoms with Crippen molar-refractivity contribution in [1.29, 1.82) is 0 Å². The van der Waals surface area contributed by atoms with Gasteiger partial charge in [-0.3, -0.25) is 0 Å². The average Bonchev–Trinajstić information content (AvgIpc) is 3.02. The molecular weight excluding hydrogens is 371 g/mol. The number of benzene rings is 2. The number of nitrogens with zero attached hydrogens (tertiary/aromatic N) is 1. The number of Topliss-reactive ketones (excluding diaryl/α,β-unsaturated/α-hetero) is 1. The zero-order chi connectivity index (χ0) is 16.1. The van der Waals surface area contributed by atoms with E-state index >= 15 is 0 Å². The van der Waals surface area contributed by atoms with Gasteiger partial charge in [0.05, 0.1) is 0 Å². The van der Waals surface area contributed by atoms with E-state index in [1.54, 1.807) is 6.92 Å². The summed E-state index contributed by atoms with van der Waals surface area (Å²) in [5.41, 5.74) is 1.72. The minimum atomic E-state index is 0.0901. The maximum atomic E-state index is 11.3. The van der Waals surface area contributed by atoms with Crippen LogP contribution in [0, 0.1) is 0 Å². The Balaban J connectivity index is 1.48. The van der Waals surface area contributed by atoms with Crippen LogP contribution in [0.25, 0.3) is 0 Å². The van der Waals surface area contributed by atoms with E-state index in [-0.39, 0.29) is 5.78 Å². The molecule has 118 valence electrons. The van der Waals surface area contributed by atoms with Gasteiger partial charge in [0.25, 0.3) is 0 Å². The number of thioether (sulfide) groups is 1. The Kier molecular flexibility index (Phi) is 5.55. The van der Waals surface area contributed by atoms with Crippen molar-refractivity contribution >= 4 is 47.8 Å². The van der Waals surface area contributed by atoms with E-state index in [1.165, 1.54) is 9.78 Å². The molecule has 0 aliphatic carbocycles. The van der Waals surface area contributed by atoms with Crippen LogP contribution in [0.1, 0.15) is 17.3 Å². The number of carbonyl (C=O) groups excluding carboxylic acids is 1. The van der Waals surface area contributed by atoms with E-state index in [0.29, 0.717) is 20.2 Å². The summed E-state index contributed by atoms with van der Waals surface area (Å²) >= 11 is 2.33. The van der Waals surface area contributed by atoms with Crippen LogP contribution >= 0.6 is 11.8 Å². The van der Waals surface area contributed by atoms with Gasteiger partial charge < -0.3 is 0 Å². The predicted molar refractivity (Wildman–Crippen MR) is 100 cm³/mol. The van der Waals surface area contributed by atoms with Crippen molar-refractivity contribution in [2.45, 2.75) is 17.5 Å². The first kappa shape index (κ1) is 16.3. The van der Waals surface area contributed by atoms with Gasteiger partial charge in [-0.05, 0) is 0 Å². The molecule has 1 N–H and O–H groups in total. The monoisotopic (exact) mass is 390 g/mol. The van der Waals surface area contributed by atoms with Crippen LogP contribution < -0.4 is 9.78 Å². The summed E-state index contributed by atoms with van der Waals surface area (Å²) in [5, 5.41) is 6.08. The van der Waals surface area contributed by atoms with Gasteiger partial charge in [-0.1, -0.05) is 0 Å². The van der Waals surface area contributed by atoms with E-state index in [0.717, 1.165) is 23.0 Å². The number of aliphatic imine (C=N–C) groups is 1.